The maximum Gasteiger partial charge on any atom is 0.319 e. The van der Waals surface area contributed by atoms with Gasteiger partial charge in [-0.1, -0.05) is 48.5 Å². The molecule has 3 aromatic rings. The summed E-state index contributed by atoms with van der Waals surface area (Å²) in [4.78, 5) is 14.9. The molecule has 1 aliphatic rings. The summed E-state index contributed by atoms with van der Waals surface area (Å²) < 4.78 is 26.0. The van der Waals surface area contributed by atoms with Crippen molar-refractivity contribution in [1.82, 2.24) is 10.2 Å². The molecule has 0 saturated heterocycles. The molecule has 0 spiro atoms. The highest BCUT2D eigenvalue weighted by Crippen LogP contribution is 2.23. The third kappa shape index (κ3) is 6.04. The van der Waals surface area contributed by atoms with Crippen molar-refractivity contribution in [2.75, 3.05) is 25.5 Å². The van der Waals surface area contributed by atoms with Gasteiger partial charge < -0.3 is 15.5 Å². The molecule has 7 heteroatoms. The summed E-state index contributed by atoms with van der Waals surface area (Å²) in [7, 11) is -1.38. The van der Waals surface area contributed by atoms with E-state index in [0.717, 1.165) is 37.1 Å². The lowest BCUT2D eigenvalue weighted by molar-refractivity contribution is 0.249. The minimum Gasteiger partial charge on any atom is -0.331 e. The number of benzene rings is 3. The molecule has 1 unspecified atom stereocenters. The highest BCUT2D eigenvalue weighted by molar-refractivity contribution is 7.90. The molecule has 0 bridgehead atoms. The van der Waals surface area contributed by atoms with E-state index >= 15 is 0 Å². The van der Waals surface area contributed by atoms with Gasteiger partial charge in [-0.05, 0) is 73.3 Å². The van der Waals surface area contributed by atoms with E-state index < -0.39 is 9.84 Å². The first-order valence-corrected chi connectivity index (χ1v) is 13.2. The van der Waals surface area contributed by atoms with Crippen LogP contribution in [-0.2, 0) is 28.4 Å². The smallest absolute Gasteiger partial charge is 0.319 e. The third-order valence-electron chi connectivity index (χ3n) is 6.27. The molecule has 0 radical (unpaired) electrons. The van der Waals surface area contributed by atoms with Crippen molar-refractivity contribution in [2.45, 2.75) is 36.5 Å². The molecule has 0 fully saturated rings. The van der Waals surface area contributed by atoms with Crippen molar-refractivity contribution in [3.8, 4) is 0 Å². The van der Waals surface area contributed by atoms with Crippen LogP contribution < -0.4 is 10.6 Å². The Morgan fingerprint density at radius 1 is 0.941 bits per heavy atom. The van der Waals surface area contributed by atoms with E-state index in [1.165, 1.54) is 11.1 Å². The SMILES string of the molecule is CC(NC(=O)Nc1ccc(S(=O)(=O)Cc2ccc3c(c2)CCN(C)CC3)cc1)c1ccccc1. The number of likely N-dealkylation sites (N-methyl/N-ethyl adjacent to an activating group) is 1. The van der Waals surface area contributed by atoms with Crippen LogP contribution in [0, 0.1) is 0 Å². The van der Waals surface area contributed by atoms with Gasteiger partial charge in [0.2, 0.25) is 0 Å². The Labute approximate surface area is 201 Å². The lowest BCUT2D eigenvalue weighted by Gasteiger charge is -2.15. The fraction of sp³-hybridized carbons (Fsp3) is 0.296. The summed E-state index contributed by atoms with van der Waals surface area (Å²) >= 11 is 0. The van der Waals surface area contributed by atoms with Gasteiger partial charge in [0.15, 0.2) is 9.84 Å². The molecule has 0 aromatic heterocycles. The summed E-state index contributed by atoms with van der Waals surface area (Å²) in [6.45, 7) is 3.91. The van der Waals surface area contributed by atoms with Crippen LogP contribution >= 0.6 is 0 Å². The number of sulfone groups is 1. The lowest BCUT2D eigenvalue weighted by atomic mass is 10.0. The van der Waals surface area contributed by atoms with Crippen LogP contribution in [0.5, 0.6) is 0 Å². The minimum atomic E-state index is -3.50. The first-order chi connectivity index (χ1) is 16.3. The maximum absolute atomic E-state index is 13.0. The van der Waals surface area contributed by atoms with Gasteiger partial charge in [0.1, 0.15) is 0 Å². The summed E-state index contributed by atoms with van der Waals surface area (Å²) in [5.74, 6) is -0.0437. The second-order valence-corrected chi connectivity index (χ2v) is 10.9. The second-order valence-electron chi connectivity index (χ2n) is 8.92. The van der Waals surface area contributed by atoms with E-state index in [-0.39, 0.29) is 22.7 Å². The number of nitrogens with zero attached hydrogens (tertiary/aromatic N) is 1. The largest absolute Gasteiger partial charge is 0.331 e. The molecule has 6 nitrogen and oxygen atoms in total. The van der Waals surface area contributed by atoms with E-state index in [9.17, 15) is 13.2 Å². The van der Waals surface area contributed by atoms with Crippen molar-refractivity contribution in [1.29, 1.82) is 0 Å². The van der Waals surface area contributed by atoms with Crippen molar-refractivity contribution >= 4 is 21.6 Å². The number of carbonyl (C=O) groups is 1. The quantitative estimate of drug-likeness (QED) is 0.545. The number of rotatable bonds is 6. The number of nitrogens with one attached hydrogen (secondary N) is 2. The zero-order valence-electron chi connectivity index (χ0n) is 19.6. The Morgan fingerprint density at radius 3 is 2.32 bits per heavy atom. The number of amides is 2. The number of hydrogen-bond acceptors (Lipinski definition) is 4. The molecule has 0 saturated carbocycles. The molecule has 2 N–H and O–H groups in total. The van der Waals surface area contributed by atoms with Crippen LogP contribution in [0.1, 0.15) is 35.2 Å². The predicted octanol–water partition coefficient (Wildman–Crippen LogP) is 4.57. The fourth-order valence-corrected chi connectivity index (χ4v) is 5.55. The Morgan fingerprint density at radius 2 is 1.62 bits per heavy atom. The van der Waals surface area contributed by atoms with E-state index in [1.54, 1.807) is 24.3 Å². The Bertz CT molecular complexity index is 1240. The average Bonchev–Trinajstić information content (AvgIpc) is 3.01. The van der Waals surface area contributed by atoms with Gasteiger partial charge in [0.25, 0.3) is 0 Å². The zero-order valence-corrected chi connectivity index (χ0v) is 20.4. The van der Waals surface area contributed by atoms with Gasteiger partial charge in [-0.25, -0.2) is 13.2 Å². The van der Waals surface area contributed by atoms with Crippen LogP contribution in [-0.4, -0.2) is 39.5 Å². The molecule has 3 aromatic carbocycles. The Kier molecular flexibility index (Phi) is 7.34. The van der Waals surface area contributed by atoms with Gasteiger partial charge in [-0.2, -0.15) is 0 Å². The molecular weight excluding hydrogens is 446 g/mol. The van der Waals surface area contributed by atoms with E-state index in [1.807, 2.05) is 49.4 Å². The van der Waals surface area contributed by atoms with E-state index in [4.69, 9.17) is 0 Å². The zero-order chi connectivity index (χ0) is 24.1. The average molecular weight is 478 g/mol. The van der Waals surface area contributed by atoms with Crippen molar-refractivity contribution < 1.29 is 13.2 Å². The molecule has 2 amide bonds. The Hall–Kier alpha value is -3.16. The van der Waals surface area contributed by atoms with Gasteiger partial charge in [-0.15, -0.1) is 0 Å². The first-order valence-electron chi connectivity index (χ1n) is 11.5. The molecule has 1 heterocycles. The number of urea groups is 1. The predicted molar refractivity (Wildman–Crippen MR) is 136 cm³/mol. The lowest BCUT2D eigenvalue weighted by Crippen LogP contribution is -2.31. The normalized spacial score (nSPS) is 15.1. The molecule has 1 atom stereocenters. The van der Waals surface area contributed by atoms with E-state index in [0.29, 0.717) is 5.69 Å². The van der Waals surface area contributed by atoms with Gasteiger partial charge in [0, 0.05) is 18.8 Å². The Balaban J connectivity index is 1.38. The van der Waals surface area contributed by atoms with Crippen LogP contribution in [0.3, 0.4) is 0 Å². The second kappa shape index (κ2) is 10.4. The number of anilines is 1. The summed E-state index contributed by atoms with van der Waals surface area (Å²) in [6, 6.07) is 21.6. The van der Waals surface area contributed by atoms with Gasteiger partial charge in [-0.3, -0.25) is 0 Å². The van der Waals surface area contributed by atoms with E-state index in [2.05, 4.69) is 28.6 Å². The molecule has 34 heavy (non-hydrogen) atoms. The molecule has 0 aliphatic carbocycles. The molecule has 4 rings (SSSR count). The molecule has 1 aliphatic heterocycles. The summed E-state index contributed by atoms with van der Waals surface area (Å²) in [5, 5.41) is 5.65. The molecule has 178 valence electrons. The van der Waals surface area contributed by atoms with Crippen molar-refractivity contribution in [2.24, 2.45) is 0 Å². The summed E-state index contributed by atoms with van der Waals surface area (Å²) in [6.07, 6.45) is 1.93. The first kappa shape index (κ1) is 24.0. The summed E-state index contributed by atoms with van der Waals surface area (Å²) in [5.41, 5.74) is 4.89. The number of carbonyl (C=O) groups excluding carboxylic acids is 1. The minimum absolute atomic E-state index is 0.0437. The third-order valence-corrected chi connectivity index (χ3v) is 7.98. The van der Waals surface area contributed by atoms with Crippen LogP contribution in [0.15, 0.2) is 77.7 Å². The highest BCUT2D eigenvalue weighted by Gasteiger charge is 2.18. The standard InChI is InChI=1S/C27H31N3O3S/c1-20(22-6-4-3-5-7-22)28-27(31)29-25-10-12-26(13-11-25)34(32,33)19-21-8-9-23-14-16-30(2)17-15-24(23)18-21/h3-13,18,20H,14-17,19H2,1-2H3,(H2,28,29,31). The van der Waals surface area contributed by atoms with Gasteiger partial charge in [0.05, 0.1) is 16.7 Å². The van der Waals surface area contributed by atoms with Crippen LogP contribution in [0.4, 0.5) is 10.5 Å². The highest BCUT2D eigenvalue weighted by atomic mass is 32.2. The number of fused-ring (bicyclic) bond motifs is 1. The van der Waals surface area contributed by atoms with Crippen molar-refractivity contribution in [3.63, 3.8) is 0 Å². The van der Waals surface area contributed by atoms with Crippen LogP contribution in [0.25, 0.3) is 0 Å². The maximum atomic E-state index is 13.0. The molecular formula is C27H31N3O3S. The van der Waals surface area contributed by atoms with Crippen molar-refractivity contribution in [3.05, 3.63) is 95.1 Å². The fourth-order valence-electron chi connectivity index (χ4n) is 4.22. The van der Waals surface area contributed by atoms with Crippen LogP contribution in [0.2, 0.25) is 0 Å². The number of hydrogen-bond donors (Lipinski definition) is 2. The van der Waals surface area contributed by atoms with Gasteiger partial charge >= 0.3 is 6.03 Å². The monoisotopic (exact) mass is 477 g/mol. The topological polar surface area (TPSA) is 78.5 Å².